The van der Waals surface area contributed by atoms with Crippen LogP contribution in [0.2, 0.25) is 0 Å². The van der Waals surface area contributed by atoms with Crippen molar-refractivity contribution in [3.8, 4) is 0 Å². The first kappa shape index (κ1) is 12.3. The van der Waals surface area contributed by atoms with Gasteiger partial charge in [-0.1, -0.05) is 48.6 Å². The average molecular weight is 285 g/mol. The third-order valence-corrected chi connectivity index (χ3v) is 5.29. The minimum Gasteiger partial charge on any atom is -0.384 e. The summed E-state index contributed by atoms with van der Waals surface area (Å²) in [6.45, 7) is 0.979. The van der Waals surface area contributed by atoms with Crippen molar-refractivity contribution in [3.63, 3.8) is 0 Å². The Morgan fingerprint density at radius 2 is 1.32 bits per heavy atom. The topological polar surface area (TPSA) is 12.0 Å². The lowest BCUT2D eigenvalue weighted by atomic mass is 9.80. The molecule has 3 aliphatic rings. The van der Waals surface area contributed by atoms with E-state index in [1.165, 1.54) is 44.7 Å². The minimum atomic E-state index is 0.979. The molecule has 0 radical (unpaired) electrons. The van der Waals surface area contributed by atoms with Crippen LogP contribution in [0.3, 0.4) is 0 Å². The third kappa shape index (κ3) is 1.85. The number of fused-ring (bicyclic) bond motifs is 3. The van der Waals surface area contributed by atoms with Crippen molar-refractivity contribution >= 4 is 0 Å². The van der Waals surface area contributed by atoms with Crippen molar-refractivity contribution in [1.82, 2.24) is 5.32 Å². The van der Waals surface area contributed by atoms with E-state index in [2.05, 4.69) is 53.9 Å². The molecule has 0 aromatic heterocycles. The summed E-state index contributed by atoms with van der Waals surface area (Å²) in [7, 11) is 0. The van der Waals surface area contributed by atoms with Gasteiger partial charge in [-0.15, -0.1) is 0 Å². The maximum Gasteiger partial charge on any atom is 0.0331 e. The fraction of sp³-hybridized carbons (Fsp3) is 0.238. The molecule has 108 valence electrons. The lowest BCUT2D eigenvalue weighted by Gasteiger charge is -2.28. The molecule has 1 N–H and O–H groups in total. The van der Waals surface area contributed by atoms with Crippen LogP contribution < -0.4 is 5.32 Å². The van der Waals surface area contributed by atoms with Gasteiger partial charge in [0.1, 0.15) is 0 Å². The van der Waals surface area contributed by atoms with Gasteiger partial charge in [-0.3, -0.25) is 0 Å². The maximum atomic E-state index is 3.55. The molecule has 0 unspecified atom stereocenters. The van der Waals surface area contributed by atoms with E-state index >= 15 is 0 Å². The van der Waals surface area contributed by atoms with Crippen molar-refractivity contribution in [3.05, 3.63) is 93.2 Å². The van der Waals surface area contributed by atoms with E-state index < -0.39 is 0 Å². The summed E-state index contributed by atoms with van der Waals surface area (Å²) in [5.74, 6) is 0. The van der Waals surface area contributed by atoms with Crippen LogP contribution in [-0.2, 0) is 25.7 Å². The van der Waals surface area contributed by atoms with Gasteiger partial charge in [0, 0.05) is 18.7 Å². The predicted molar refractivity (Wildman–Crippen MR) is 90.1 cm³/mol. The highest BCUT2D eigenvalue weighted by Gasteiger charge is 2.22. The number of nitrogens with one attached hydrogen (secondary N) is 1. The molecule has 2 aliphatic carbocycles. The molecule has 1 heterocycles. The van der Waals surface area contributed by atoms with Crippen molar-refractivity contribution in [1.29, 1.82) is 0 Å². The van der Waals surface area contributed by atoms with Crippen LogP contribution in [0.5, 0.6) is 0 Å². The van der Waals surface area contributed by atoms with Gasteiger partial charge in [0.2, 0.25) is 0 Å². The molecular formula is C21H19N. The second-order valence-corrected chi connectivity index (χ2v) is 6.65. The summed E-state index contributed by atoms with van der Waals surface area (Å²) in [6.07, 6.45) is 8.89. The molecule has 0 bridgehead atoms. The fourth-order valence-electron chi connectivity index (χ4n) is 4.10. The molecule has 5 rings (SSSR count). The molecule has 22 heavy (non-hydrogen) atoms. The van der Waals surface area contributed by atoms with E-state index in [-0.39, 0.29) is 0 Å². The van der Waals surface area contributed by atoms with Crippen LogP contribution in [0, 0.1) is 0 Å². The molecule has 1 heteroatoms. The second kappa shape index (κ2) is 4.61. The average Bonchev–Trinajstić information content (AvgIpc) is 2.56. The predicted octanol–water partition coefficient (Wildman–Crippen LogP) is 3.69. The number of hydrogen-bond donors (Lipinski definition) is 1. The van der Waals surface area contributed by atoms with E-state index in [0.717, 1.165) is 32.2 Å². The lowest BCUT2D eigenvalue weighted by molar-refractivity contribution is 0.789. The van der Waals surface area contributed by atoms with E-state index in [0.29, 0.717) is 0 Å². The van der Waals surface area contributed by atoms with Crippen LogP contribution >= 0.6 is 0 Å². The molecule has 0 saturated carbocycles. The highest BCUT2D eigenvalue weighted by molar-refractivity contribution is 5.53. The Balaban J connectivity index is 1.57. The van der Waals surface area contributed by atoms with Gasteiger partial charge < -0.3 is 5.32 Å². The molecule has 1 aliphatic heterocycles. The number of allylic oxidation sites excluding steroid dienone is 3. The molecule has 0 amide bonds. The van der Waals surface area contributed by atoms with Gasteiger partial charge >= 0.3 is 0 Å². The van der Waals surface area contributed by atoms with Gasteiger partial charge in [-0.25, -0.2) is 0 Å². The zero-order valence-corrected chi connectivity index (χ0v) is 12.7. The first-order valence-electron chi connectivity index (χ1n) is 8.19. The smallest absolute Gasteiger partial charge is 0.0331 e. The SMILES string of the molecule is C1=CC2=C(Cc3cc4c(cc3C2)Cc2ccccc2C4)NC1. The molecule has 0 fully saturated rings. The van der Waals surface area contributed by atoms with Crippen LogP contribution in [0.4, 0.5) is 0 Å². The van der Waals surface area contributed by atoms with Crippen LogP contribution in [-0.4, -0.2) is 6.54 Å². The summed E-state index contributed by atoms with van der Waals surface area (Å²) < 4.78 is 0. The van der Waals surface area contributed by atoms with Gasteiger partial charge in [-0.05, 0) is 58.2 Å². The maximum absolute atomic E-state index is 3.55. The second-order valence-electron chi connectivity index (χ2n) is 6.65. The third-order valence-electron chi connectivity index (χ3n) is 5.29. The summed E-state index contributed by atoms with van der Waals surface area (Å²) in [4.78, 5) is 0. The van der Waals surface area contributed by atoms with Gasteiger partial charge in [0.15, 0.2) is 0 Å². The Labute approximate surface area is 131 Å². The standard InChI is InChI=1S/C21H19N/c1-2-5-15-9-18-12-20-13-21-16(6-3-7-22-21)10-19(20)11-17(18)8-14(15)4-1/h1-6,11-12,22H,7-10,13H2. The molecule has 0 saturated heterocycles. The Morgan fingerprint density at radius 1 is 0.682 bits per heavy atom. The zero-order chi connectivity index (χ0) is 14.5. The van der Waals surface area contributed by atoms with Crippen molar-refractivity contribution in [2.75, 3.05) is 6.54 Å². The summed E-state index contributed by atoms with van der Waals surface area (Å²) in [5.41, 5.74) is 12.1. The van der Waals surface area contributed by atoms with E-state index in [1.807, 2.05) is 0 Å². The minimum absolute atomic E-state index is 0.979. The highest BCUT2D eigenvalue weighted by atomic mass is 14.9. The lowest BCUT2D eigenvalue weighted by Crippen LogP contribution is -2.24. The quantitative estimate of drug-likeness (QED) is 0.664. The summed E-state index contributed by atoms with van der Waals surface area (Å²) >= 11 is 0. The number of rotatable bonds is 0. The fourth-order valence-corrected chi connectivity index (χ4v) is 4.10. The van der Waals surface area contributed by atoms with Crippen molar-refractivity contribution in [2.24, 2.45) is 0 Å². The van der Waals surface area contributed by atoms with E-state index in [9.17, 15) is 0 Å². The molecular weight excluding hydrogens is 266 g/mol. The zero-order valence-electron chi connectivity index (χ0n) is 12.7. The first-order chi connectivity index (χ1) is 10.9. The van der Waals surface area contributed by atoms with Gasteiger partial charge in [0.25, 0.3) is 0 Å². The largest absolute Gasteiger partial charge is 0.384 e. The highest BCUT2D eigenvalue weighted by Crippen LogP contribution is 2.34. The molecule has 0 atom stereocenters. The van der Waals surface area contributed by atoms with Gasteiger partial charge in [-0.2, -0.15) is 0 Å². The van der Waals surface area contributed by atoms with Crippen LogP contribution in [0.25, 0.3) is 0 Å². The Kier molecular flexibility index (Phi) is 2.57. The Hall–Kier alpha value is -2.28. The Bertz CT molecular complexity index is 839. The van der Waals surface area contributed by atoms with Crippen LogP contribution in [0.15, 0.2) is 59.8 Å². The first-order valence-corrected chi connectivity index (χ1v) is 8.19. The van der Waals surface area contributed by atoms with E-state index in [4.69, 9.17) is 0 Å². The number of benzene rings is 2. The van der Waals surface area contributed by atoms with Crippen molar-refractivity contribution < 1.29 is 0 Å². The van der Waals surface area contributed by atoms with E-state index in [1.54, 1.807) is 0 Å². The van der Waals surface area contributed by atoms with Crippen LogP contribution in [0.1, 0.15) is 33.4 Å². The summed E-state index contributed by atoms with van der Waals surface area (Å²) in [6, 6.07) is 13.9. The number of dihydropyridines is 1. The Morgan fingerprint density at radius 3 is 2.05 bits per heavy atom. The molecule has 2 aromatic rings. The van der Waals surface area contributed by atoms with Gasteiger partial charge in [0.05, 0.1) is 0 Å². The molecule has 2 aromatic carbocycles. The number of hydrogen-bond acceptors (Lipinski definition) is 1. The monoisotopic (exact) mass is 285 g/mol. The molecule has 0 spiro atoms. The molecule has 1 nitrogen and oxygen atoms in total. The van der Waals surface area contributed by atoms with Crippen molar-refractivity contribution in [2.45, 2.75) is 25.7 Å². The summed E-state index contributed by atoms with van der Waals surface area (Å²) in [5, 5.41) is 3.55. The normalized spacial score (nSPS) is 18.0.